The van der Waals surface area contributed by atoms with Crippen LogP contribution in [0.1, 0.15) is 5.56 Å². The van der Waals surface area contributed by atoms with Crippen LogP contribution in [0, 0.1) is 0 Å². The fourth-order valence-corrected chi connectivity index (χ4v) is 3.59. The number of hydrogen-bond donors (Lipinski definition) is 2. The molecule has 22 heavy (non-hydrogen) atoms. The number of aliphatic hydroxyl groups is 1. The monoisotopic (exact) mass is 341 g/mol. The molecule has 1 aromatic rings. The number of aliphatic hydroxyl groups excluding tert-OH is 1. The molecule has 1 amide bonds. The standard InChI is InChI=1S/C14H15NO5S2/c16-5-6-20-10-4-2-1-3-9(10)7-11-13(19)15(8-12(17)18)14(21)22-11/h1-4,11,16H,5-8H2,(H,17,18). The SMILES string of the molecule is O=C(O)CN1C(=O)C(Cc2ccccc2OCCO)SC1=S. The Bertz CT molecular complexity index is 592. The number of carboxylic acid groups (broad SMARTS) is 1. The third-order valence-corrected chi connectivity index (χ3v) is 4.61. The number of carbonyl (C=O) groups is 2. The van der Waals surface area contributed by atoms with Gasteiger partial charge in [0.25, 0.3) is 0 Å². The Balaban J connectivity index is 2.10. The van der Waals surface area contributed by atoms with Gasteiger partial charge < -0.3 is 14.9 Å². The van der Waals surface area contributed by atoms with Crippen LogP contribution in [0.2, 0.25) is 0 Å². The van der Waals surface area contributed by atoms with E-state index in [1.54, 1.807) is 12.1 Å². The van der Waals surface area contributed by atoms with Gasteiger partial charge in [0, 0.05) is 0 Å². The van der Waals surface area contributed by atoms with Crippen LogP contribution in [-0.4, -0.2) is 56.3 Å². The zero-order valence-electron chi connectivity index (χ0n) is 11.6. The number of aliphatic carboxylic acids is 1. The first-order valence-corrected chi connectivity index (χ1v) is 7.87. The number of benzene rings is 1. The Morgan fingerprint density at radius 2 is 2.14 bits per heavy atom. The topological polar surface area (TPSA) is 87.1 Å². The highest BCUT2D eigenvalue weighted by molar-refractivity contribution is 8.24. The highest BCUT2D eigenvalue weighted by Gasteiger charge is 2.38. The van der Waals surface area contributed by atoms with Crippen molar-refractivity contribution in [3.8, 4) is 5.75 Å². The molecule has 118 valence electrons. The molecule has 2 N–H and O–H groups in total. The number of para-hydroxylation sites is 1. The van der Waals surface area contributed by atoms with Crippen LogP contribution in [0.25, 0.3) is 0 Å². The molecule has 1 aliphatic rings. The molecule has 1 saturated heterocycles. The van der Waals surface area contributed by atoms with E-state index in [0.717, 1.165) is 10.5 Å². The summed E-state index contributed by atoms with van der Waals surface area (Å²) in [6.45, 7) is -0.335. The molecule has 0 aromatic heterocycles. The predicted octanol–water partition coefficient (Wildman–Crippen LogP) is 0.914. The zero-order chi connectivity index (χ0) is 16.1. The van der Waals surface area contributed by atoms with E-state index in [4.69, 9.17) is 27.2 Å². The molecule has 6 nitrogen and oxygen atoms in total. The molecule has 2 rings (SSSR count). The van der Waals surface area contributed by atoms with Crippen molar-refractivity contribution in [2.75, 3.05) is 19.8 Å². The summed E-state index contributed by atoms with van der Waals surface area (Å²) < 4.78 is 5.72. The molecule has 0 aliphatic carbocycles. The second-order valence-electron chi connectivity index (χ2n) is 4.57. The van der Waals surface area contributed by atoms with Gasteiger partial charge in [0.15, 0.2) is 0 Å². The number of rotatable bonds is 7. The smallest absolute Gasteiger partial charge is 0.323 e. The lowest BCUT2D eigenvalue weighted by atomic mass is 10.1. The highest BCUT2D eigenvalue weighted by atomic mass is 32.2. The van der Waals surface area contributed by atoms with E-state index in [1.165, 1.54) is 11.8 Å². The van der Waals surface area contributed by atoms with Gasteiger partial charge in [-0.15, -0.1) is 0 Å². The van der Waals surface area contributed by atoms with Crippen LogP contribution in [0.3, 0.4) is 0 Å². The van der Waals surface area contributed by atoms with Gasteiger partial charge in [-0.1, -0.05) is 42.2 Å². The number of thioether (sulfide) groups is 1. The summed E-state index contributed by atoms with van der Waals surface area (Å²) in [6, 6.07) is 7.24. The summed E-state index contributed by atoms with van der Waals surface area (Å²) in [5, 5.41) is 17.2. The lowest BCUT2D eigenvalue weighted by Gasteiger charge is -2.14. The van der Waals surface area contributed by atoms with Gasteiger partial charge in [-0.05, 0) is 18.1 Å². The first-order valence-electron chi connectivity index (χ1n) is 6.58. The van der Waals surface area contributed by atoms with Gasteiger partial charge >= 0.3 is 5.97 Å². The molecule has 1 aliphatic heterocycles. The quantitative estimate of drug-likeness (QED) is 0.713. The molecule has 8 heteroatoms. The Hall–Kier alpha value is -1.64. The molecule has 0 radical (unpaired) electrons. The van der Waals surface area contributed by atoms with Crippen LogP contribution < -0.4 is 4.74 Å². The van der Waals surface area contributed by atoms with Crippen LogP contribution in [-0.2, 0) is 16.0 Å². The Labute approximate surface area is 137 Å². The van der Waals surface area contributed by atoms with Crippen molar-refractivity contribution in [2.24, 2.45) is 0 Å². The van der Waals surface area contributed by atoms with Crippen molar-refractivity contribution in [2.45, 2.75) is 11.7 Å². The molecule has 0 spiro atoms. The summed E-state index contributed by atoms with van der Waals surface area (Å²) >= 11 is 6.26. The summed E-state index contributed by atoms with van der Waals surface area (Å²) in [5.41, 5.74) is 0.821. The molecule has 1 fully saturated rings. The maximum atomic E-state index is 12.3. The van der Waals surface area contributed by atoms with Gasteiger partial charge in [-0.2, -0.15) is 0 Å². The van der Waals surface area contributed by atoms with Crippen molar-refractivity contribution in [1.82, 2.24) is 4.90 Å². The van der Waals surface area contributed by atoms with E-state index in [2.05, 4.69) is 0 Å². The first-order chi connectivity index (χ1) is 10.5. The fourth-order valence-electron chi connectivity index (χ4n) is 2.07. The van der Waals surface area contributed by atoms with Gasteiger partial charge in [0.1, 0.15) is 23.2 Å². The molecule has 1 heterocycles. The van der Waals surface area contributed by atoms with Crippen LogP contribution in [0.15, 0.2) is 24.3 Å². The minimum atomic E-state index is -1.09. The Morgan fingerprint density at radius 1 is 1.41 bits per heavy atom. The molecule has 0 bridgehead atoms. The summed E-state index contributed by atoms with van der Waals surface area (Å²) in [5.74, 6) is -0.787. The molecular formula is C14H15NO5S2. The van der Waals surface area contributed by atoms with Crippen molar-refractivity contribution in [3.63, 3.8) is 0 Å². The average Bonchev–Trinajstić information content (AvgIpc) is 2.73. The summed E-state index contributed by atoms with van der Waals surface area (Å²) in [4.78, 5) is 24.1. The first kappa shape index (κ1) is 16.7. The largest absolute Gasteiger partial charge is 0.491 e. The van der Waals surface area contributed by atoms with Gasteiger partial charge in [-0.3, -0.25) is 14.5 Å². The minimum absolute atomic E-state index is 0.0953. The van der Waals surface area contributed by atoms with Gasteiger partial charge in [-0.25, -0.2) is 0 Å². The molecule has 1 atom stereocenters. The van der Waals surface area contributed by atoms with E-state index in [-0.39, 0.29) is 23.4 Å². The maximum absolute atomic E-state index is 12.3. The van der Waals surface area contributed by atoms with Crippen molar-refractivity contribution >= 4 is 40.2 Å². The number of carboxylic acids is 1. The number of nitrogens with zero attached hydrogens (tertiary/aromatic N) is 1. The fraction of sp³-hybridized carbons (Fsp3) is 0.357. The van der Waals surface area contributed by atoms with Gasteiger partial charge in [0.2, 0.25) is 5.91 Å². The number of carbonyl (C=O) groups excluding carboxylic acids is 1. The normalized spacial score (nSPS) is 17.9. The summed E-state index contributed by atoms with van der Waals surface area (Å²) in [7, 11) is 0. The average molecular weight is 341 g/mol. The van der Waals surface area contributed by atoms with E-state index >= 15 is 0 Å². The van der Waals surface area contributed by atoms with E-state index < -0.39 is 17.8 Å². The third kappa shape index (κ3) is 3.96. The predicted molar refractivity (Wildman–Crippen MR) is 86.1 cm³/mol. The van der Waals surface area contributed by atoms with Crippen LogP contribution in [0.5, 0.6) is 5.75 Å². The molecule has 1 unspecified atom stereocenters. The number of ether oxygens (including phenoxy) is 1. The van der Waals surface area contributed by atoms with Crippen LogP contribution in [0.4, 0.5) is 0 Å². The highest BCUT2D eigenvalue weighted by Crippen LogP contribution is 2.32. The Kier molecular flexibility index (Phi) is 5.76. The van der Waals surface area contributed by atoms with Gasteiger partial charge in [0.05, 0.1) is 11.9 Å². The molecule has 1 aromatic carbocycles. The lowest BCUT2D eigenvalue weighted by molar-refractivity contribution is -0.141. The van der Waals surface area contributed by atoms with E-state index in [1.807, 2.05) is 12.1 Å². The molecule has 0 saturated carbocycles. The number of hydrogen-bond acceptors (Lipinski definition) is 6. The third-order valence-electron chi connectivity index (χ3n) is 3.03. The van der Waals surface area contributed by atoms with E-state index in [0.29, 0.717) is 12.2 Å². The van der Waals surface area contributed by atoms with E-state index in [9.17, 15) is 9.59 Å². The second kappa shape index (κ2) is 7.57. The van der Waals surface area contributed by atoms with Crippen molar-refractivity contribution in [1.29, 1.82) is 0 Å². The van der Waals surface area contributed by atoms with Crippen LogP contribution >= 0.6 is 24.0 Å². The lowest BCUT2D eigenvalue weighted by Crippen LogP contribution is -2.36. The molecular weight excluding hydrogens is 326 g/mol. The Morgan fingerprint density at radius 3 is 2.82 bits per heavy atom. The zero-order valence-corrected chi connectivity index (χ0v) is 13.2. The summed E-state index contributed by atoms with van der Waals surface area (Å²) in [6.07, 6.45) is 0.390. The van der Waals surface area contributed by atoms with Crippen molar-refractivity contribution in [3.05, 3.63) is 29.8 Å². The second-order valence-corrected chi connectivity index (χ2v) is 6.41. The number of thiocarbonyl (C=S) groups is 1. The number of amides is 1. The maximum Gasteiger partial charge on any atom is 0.323 e. The van der Waals surface area contributed by atoms with Crippen molar-refractivity contribution < 1.29 is 24.5 Å². The minimum Gasteiger partial charge on any atom is -0.491 e.